The number of benzene rings is 2. The topological polar surface area (TPSA) is 57.2 Å². The van der Waals surface area contributed by atoms with E-state index >= 15 is 0 Å². The molecule has 1 unspecified atom stereocenters. The van der Waals surface area contributed by atoms with Gasteiger partial charge in [-0.25, -0.2) is 0 Å². The van der Waals surface area contributed by atoms with Crippen molar-refractivity contribution in [2.24, 2.45) is 0 Å². The second kappa shape index (κ2) is 10.6. The van der Waals surface area contributed by atoms with Crippen molar-refractivity contribution in [2.75, 3.05) is 34.0 Å². The summed E-state index contributed by atoms with van der Waals surface area (Å²) in [5.74, 6) is 2.13. The maximum absolute atomic E-state index is 13.3. The third kappa shape index (κ3) is 5.13. The van der Waals surface area contributed by atoms with Gasteiger partial charge in [-0.15, -0.1) is 0 Å². The van der Waals surface area contributed by atoms with Gasteiger partial charge in [-0.05, 0) is 45.9 Å². The van der Waals surface area contributed by atoms with Crippen LogP contribution in [-0.2, 0) is 0 Å². The lowest BCUT2D eigenvalue weighted by molar-refractivity contribution is 0.0740. The molecule has 0 bridgehead atoms. The Morgan fingerprint density at radius 2 is 1.48 bits per heavy atom. The van der Waals surface area contributed by atoms with E-state index < -0.39 is 0 Å². The molecule has 6 heteroatoms. The third-order valence-electron chi connectivity index (χ3n) is 4.65. The highest BCUT2D eigenvalue weighted by molar-refractivity contribution is 5.95. The zero-order chi connectivity index (χ0) is 21.4. The lowest BCUT2D eigenvalue weighted by atomic mass is 10.0. The summed E-state index contributed by atoms with van der Waals surface area (Å²) in [6.45, 7) is 9.02. The number of rotatable bonds is 10. The zero-order valence-electron chi connectivity index (χ0n) is 18.2. The molecule has 0 saturated heterocycles. The van der Waals surface area contributed by atoms with Gasteiger partial charge in [-0.2, -0.15) is 0 Å². The van der Waals surface area contributed by atoms with Crippen LogP contribution in [0.1, 0.15) is 49.7 Å². The normalized spacial score (nSPS) is 11.5. The Balaban J connectivity index is 2.42. The van der Waals surface area contributed by atoms with Gasteiger partial charge in [-0.1, -0.05) is 18.2 Å². The summed E-state index contributed by atoms with van der Waals surface area (Å²) < 4.78 is 22.6. The average molecular weight is 402 g/mol. The molecule has 158 valence electrons. The molecular weight excluding hydrogens is 370 g/mol. The number of carbonyl (C=O) groups is 1. The van der Waals surface area contributed by atoms with E-state index in [1.807, 2.05) is 52.0 Å². The van der Waals surface area contributed by atoms with Crippen molar-refractivity contribution in [3.63, 3.8) is 0 Å². The number of carbonyl (C=O) groups excluding carboxylic acids is 1. The van der Waals surface area contributed by atoms with Crippen LogP contribution in [0.2, 0.25) is 0 Å². The second-order valence-electron chi connectivity index (χ2n) is 6.43. The van der Waals surface area contributed by atoms with Crippen LogP contribution in [0.3, 0.4) is 0 Å². The monoisotopic (exact) mass is 401 g/mol. The summed E-state index contributed by atoms with van der Waals surface area (Å²) in [5, 5.41) is 0. The second-order valence-corrected chi connectivity index (χ2v) is 6.43. The van der Waals surface area contributed by atoms with Gasteiger partial charge in [0.2, 0.25) is 5.75 Å². The number of methoxy groups -OCH3 is 1. The summed E-state index contributed by atoms with van der Waals surface area (Å²) in [6, 6.07) is 10.9. The molecule has 0 aromatic heterocycles. The van der Waals surface area contributed by atoms with Gasteiger partial charge in [0.15, 0.2) is 11.5 Å². The Bertz CT molecular complexity index is 794. The van der Waals surface area contributed by atoms with Crippen LogP contribution in [0.15, 0.2) is 36.4 Å². The summed E-state index contributed by atoms with van der Waals surface area (Å²) in [5.41, 5.74) is 1.41. The fraction of sp³-hybridized carbons (Fsp3) is 0.435. The highest BCUT2D eigenvalue weighted by atomic mass is 16.5. The molecule has 2 aromatic rings. The minimum atomic E-state index is -0.184. The van der Waals surface area contributed by atoms with Crippen LogP contribution in [0.4, 0.5) is 0 Å². The summed E-state index contributed by atoms with van der Waals surface area (Å²) in [6.07, 6.45) is 0. The molecule has 0 saturated carbocycles. The van der Waals surface area contributed by atoms with Gasteiger partial charge in [0, 0.05) is 18.2 Å². The first kappa shape index (κ1) is 22.4. The Morgan fingerprint density at radius 1 is 0.931 bits per heavy atom. The van der Waals surface area contributed by atoms with Crippen molar-refractivity contribution < 1.29 is 23.7 Å². The number of para-hydroxylation sites is 1. The smallest absolute Gasteiger partial charge is 0.254 e. The van der Waals surface area contributed by atoms with Gasteiger partial charge < -0.3 is 23.8 Å². The molecule has 2 rings (SSSR count). The lowest BCUT2D eigenvalue weighted by Crippen LogP contribution is -2.30. The molecule has 2 aromatic carbocycles. The molecule has 0 heterocycles. The van der Waals surface area contributed by atoms with Gasteiger partial charge in [-0.3, -0.25) is 4.79 Å². The standard InChI is InChI=1S/C23H31NO5/c1-7-27-20-14-17(15-21(28-8-2)22(20)29-9-3)23(25)24(5)16(4)18-12-10-11-13-19(18)26-6/h10-16H,7-9H2,1-6H3. The van der Waals surface area contributed by atoms with Crippen LogP contribution in [0.25, 0.3) is 0 Å². The van der Waals surface area contributed by atoms with Crippen molar-refractivity contribution in [3.8, 4) is 23.0 Å². The molecule has 0 radical (unpaired) electrons. The Morgan fingerprint density at radius 3 is 2.00 bits per heavy atom. The van der Waals surface area contributed by atoms with Gasteiger partial charge in [0.25, 0.3) is 5.91 Å². The van der Waals surface area contributed by atoms with Crippen LogP contribution < -0.4 is 18.9 Å². The molecule has 0 N–H and O–H groups in total. The molecule has 1 amide bonds. The Kier molecular flexibility index (Phi) is 8.19. The maximum atomic E-state index is 13.3. The fourth-order valence-electron chi connectivity index (χ4n) is 3.11. The molecular formula is C23H31NO5. The molecule has 29 heavy (non-hydrogen) atoms. The number of hydrogen-bond donors (Lipinski definition) is 0. The predicted molar refractivity (Wildman–Crippen MR) is 113 cm³/mol. The SMILES string of the molecule is CCOc1cc(C(=O)N(C)C(C)c2ccccc2OC)cc(OCC)c1OCC. The highest BCUT2D eigenvalue weighted by Crippen LogP contribution is 2.40. The minimum absolute atomic E-state index is 0.145. The molecule has 0 spiro atoms. The van der Waals surface area contributed by atoms with Gasteiger partial charge in [0.05, 0.1) is 33.0 Å². The van der Waals surface area contributed by atoms with E-state index in [0.29, 0.717) is 42.6 Å². The van der Waals surface area contributed by atoms with E-state index in [1.165, 1.54) is 0 Å². The van der Waals surface area contributed by atoms with E-state index in [9.17, 15) is 4.79 Å². The lowest BCUT2D eigenvalue weighted by Gasteiger charge is -2.27. The average Bonchev–Trinajstić information content (AvgIpc) is 2.74. The van der Waals surface area contributed by atoms with E-state index in [4.69, 9.17) is 18.9 Å². The van der Waals surface area contributed by atoms with Gasteiger partial charge in [0.1, 0.15) is 5.75 Å². The molecule has 1 atom stereocenters. The zero-order valence-corrected chi connectivity index (χ0v) is 18.2. The maximum Gasteiger partial charge on any atom is 0.254 e. The molecule has 6 nitrogen and oxygen atoms in total. The summed E-state index contributed by atoms with van der Waals surface area (Å²) in [4.78, 5) is 15.0. The van der Waals surface area contributed by atoms with Crippen molar-refractivity contribution in [1.82, 2.24) is 4.90 Å². The van der Waals surface area contributed by atoms with E-state index in [-0.39, 0.29) is 11.9 Å². The number of hydrogen-bond acceptors (Lipinski definition) is 5. The van der Waals surface area contributed by atoms with E-state index in [1.54, 1.807) is 31.2 Å². The predicted octanol–water partition coefficient (Wildman–Crippen LogP) is 4.72. The molecule has 0 aliphatic rings. The number of amides is 1. The number of nitrogens with zero attached hydrogens (tertiary/aromatic N) is 1. The Labute approximate surface area is 173 Å². The van der Waals surface area contributed by atoms with Crippen LogP contribution in [-0.4, -0.2) is 44.8 Å². The Hall–Kier alpha value is -2.89. The van der Waals surface area contributed by atoms with Crippen molar-refractivity contribution in [2.45, 2.75) is 33.7 Å². The van der Waals surface area contributed by atoms with Crippen molar-refractivity contribution >= 4 is 5.91 Å². The number of ether oxygens (including phenoxy) is 4. The van der Waals surface area contributed by atoms with E-state index in [0.717, 1.165) is 11.3 Å². The largest absolute Gasteiger partial charge is 0.496 e. The first-order valence-corrected chi connectivity index (χ1v) is 9.94. The highest BCUT2D eigenvalue weighted by Gasteiger charge is 2.24. The molecule has 0 aliphatic heterocycles. The van der Waals surface area contributed by atoms with Gasteiger partial charge >= 0.3 is 0 Å². The summed E-state index contributed by atoms with van der Waals surface area (Å²) in [7, 11) is 3.40. The molecule has 0 fully saturated rings. The van der Waals surface area contributed by atoms with Crippen LogP contribution in [0, 0.1) is 0 Å². The van der Waals surface area contributed by atoms with E-state index in [2.05, 4.69) is 0 Å². The van der Waals surface area contributed by atoms with Crippen molar-refractivity contribution in [1.29, 1.82) is 0 Å². The minimum Gasteiger partial charge on any atom is -0.496 e. The quantitative estimate of drug-likeness (QED) is 0.576. The summed E-state index contributed by atoms with van der Waals surface area (Å²) >= 11 is 0. The third-order valence-corrected chi connectivity index (χ3v) is 4.65. The first-order chi connectivity index (χ1) is 14.0. The van der Waals surface area contributed by atoms with Crippen molar-refractivity contribution in [3.05, 3.63) is 47.5 Å². The first-order valence-electron chi connectivity index (χ1n) is 9.94. The molecule has 0 aliphatic carbocycles. The van der Waals surface area contributed by atoms with Crippen LogP contribution in [0.5, 0.6) is 23.0 Å². The van der Waals surface area contributed by atoms with Crippen LogP contribution >= 0.6 is 0 Å². The fourth-order valence-corrected chi connectivity index (χ4v) is 3.11.